The van der Waals surface area contributed by atoms with Gasteiger partial charge in [0.2, 0.25) is 0 Å². The number of ketones is 1. The average molecular weight is 277 g/mol. The number of rotatable bonds is 8. The summed E-state index contributed by atoms with van der Waals surface area (Å²) in [5.41, 5.74) is 2.93. The molecular formula is C17H27NO2. The minimum atomic E-state index is -0.186. The SMILES string of the molecule is CCCCN(CCO)C(C)C(=O)c1cc(C)ccc1C. The summed E-state index contributed by atoms with van der Waals surface area (Å²) in [5, 5.41) is 9.18. The summed E-state index contributed by atoms with van der Waals surface area (Å²) in [4.78, 5) is 14.8. The third-order valence-electron chi connectivity index (χ3n) is 3.77. The first-order chi connectivity index (χ1) is 9.51. The van der Waals surface area contributed by atoms with Crippen molar-refractivity contribution < 1.29 is 9.90 Å². The molecule has 0 saturated heterocycles. The summed E-state index contributed by atoms with van der Waals surface area (Å²) in [5.74, 6) is 0.149. The molecular weight excluding hydrogens is 250 g/mol. The minimum absolute atomic E-state index is 0.0914. The van der Waals surface area contributed by atoms with E-state index in [0.29, 0.717) is 6.54 Å². The fraction of sp³-hybridized carbons (Fsp3) is 0.588. The van der Waals surface area contributed by atoms with Gasteiger partial charge in [-0.25, -0.2) is 0 Å². The lowest BCUT2D eigenvalue weighted by Crippen LogP contribution is -2.41. The fourth-order valence-electron chi connectivity index (χ4n) is 2.38. The average Bonchev–Trinajstić information content (AvgIpc) is 2.44. The van der Waals surface area contributed by atoms with Crippen molar-refractivity contribution >= 4 is 5.78 Å². The number of carbonyl (C=O) groups is 1. The quantitative estimate of drug-likeness (QED) is 0.743. The van der Waals surface area contributed by atoms with Gasteiger partial charge in [0, 0.05) is 12.1 Å². The Kier molecular flexibility index (Phi) is 6.89. The Morgan fingerprint density at radius 1 is 1.30 bits per heavy atom. The molecule has 0 amide bonds. The molecule has 1 rings (SSSR count). The smallest absolute Gasteiger partial charge is 0.179 e. The van der Waals surface area contributed by atoms with Crippen LogP contribution in [0.2, 0.25) is 0 Å². The predicted molar refractivity (Wildman–Crippen MR) is 83.3 cm³/mol. The van der Waals surface area contributed by atoms with Crippen molar-refractivity contribution in [1.82, 2.24) is 4.90 Å². The summed E-state index contributed by atoms with van der Waals surface area (Å²) < 4.78 is 0. The lowest BCUT2D eigenvalue weighted by Gasteiger charge is -2.27. The van der Waals surface area contributed by atoms with E-state index in [1.165, 1.54) is 0 Å². The topological polar surface area (TPSA) is 40.5 Å². The Morgan fingerprint density at radius 2 is 2.00 bits per heavy atom. The van der Waals surface area contributed by atoms with Crippen molar-refractivity contribution in [2.45, 2.75) is 46.6 Å². The van der Waals surface area contributed by atoms with E-state index in [-0.39, 0.29) is 18.4 Å². The summed E-state index contributed by atoms with van der Waals surface area (Å²) in [6.45, 7) is 9.55. The van der Waals surface area contributed by atoms with E-state index in [1.807, 2.05) is 39.0 Å². The van der Waals surface area contributed by atoms with E-state index in [1.54, 1.807) is 0 Å². The second-order valence-electron chi connectivity index (χ2n) is 5.47. The number of Topliss-reactive ketones (excluding diaryl/α,β-unsaturated/α-hetero) is 1. The molecule has 1 N–H and O–H groups in total. The van der Waals surface area contributed by atoms with Crippen LogP contribution >= 0.6 is 0 Å². The zero-order valence-electron chi connectivity index (χ0n) is 13.1. The number of hydrogen-bond donors (Lipinski definition) is 1. The van der Waals surface area contributed by atoms with Crippen LogP contribution in [-0.4, -0.2) is 41.5 Å². The maximum atomic E-state index is 12.7. The standard InChI is InChI=1S/C17H27NO2/c1-5-6-9-18(10-11-19)15(4)17(20)16-12-13(2)7-8-14(16)3/h7-8,12,15,19H,5-6,9-11H2,1-4H3. The van der Waals surface area contributed by atoms with Gasteiger partial charge >= 0.3 is 0 Å². The Hall–Kier alpha value is -1.19. The highest BCUT2D eigenvalue weighted by Gasteiger charge is 2.22. The zero-order chi connectivity index (χ0) is 15.1. The molecule has 1 unspecified atom stereocenters. The van der Waals surface area contributed by atoms with Crippen LogP contribution in [0.25, 0.3) is 0 Å². The number of aryl methyl sites for hydroxylation is 2. The summed E-state index contributed by atoms with van der Waals surface area (Å²) in [6.07, 6.45) is 2.14. The Balaban J connectivity index is 2.89. The molecule has 0 aliphatic carbocycles. The van der Waals surface area contributed by atoms with Gasteiger partial charge in [0.05, 0.1) is 12.6 Å². The van der Waals surface area contributed by atoms with Gasteiger partial charge < -0.3 is 5.11 Å². The van der Waals surface area contributed by atoms with E-state index < -0.39 is 0 Å². The molecule has 1 atom stereocenters. The van der Waals surface area contributed by atoms with Gasteiger partial charge in [-0.15, -0.1) is 0 Å². The van der Waals surface area contributed by atoms with Gasteiger partial charge in [-0.1, -0.05) is 31.0 Å². The molecule has 0 radical (unpaired) electrons. The number of carbonyl (C=O) groups excluding carboxylic acids is 1. The van der Waals surface area contributed by atoms with Crippen LogP contribution in [-0.2, 0) is 0 Å². The van der Waals surface area contributed by atoms with E-state index >= 15 is 0 Å². The first-order valence-electron chi connectivity index (χ1n) is 7.47. The minimum Gasteiger partial charge on any atom is -0.395 e. The summed E-state index contributed by atoms with van der Waals surface area (Å²) in [7, 11) is 0. The predicted octanol–water partition coefficient (Wildman–Crippen LogP) is 2.97. The third kappa shape index (κ3) is 4.43. The second-order valence-corrected chi connectivity index (χ2v) is 5.47. The number of aliphatic hydroxyl groups excluding tert-OH is 1. The molecule has 0 fully saturated rings. The van der Waals surface area contributed by atoms with Gasteiger partial charge in [-0.05, 0) is 45.4 Å². The number of nitrogens with zero attached hydrogens (tertiary/aromatic N) is 1. The maximum Gasteiger partial charge on any atom is 0.179 e. The zero-order valence-corrected chi connectivity index (χ0v) is 13.1. The molecule has 20 heavy (non-hydrogen) atoms. The van der Waals surface area contributed by atoms with Crippen LogP contribution in [0.5, 0.6) is 0 Å². The number of benzene rings is 1. The van der Waals surface area contributed by atoms with Crippen LogP contribution < -0.4 is 0 Å². The van der Waals surface area contributed by atoms with Gasteiger partial charge in [0.25, 0.3) is 0 Å². The molecule has 3 heteroatoms. The molecule has 1 aromatic rings. The lowest BCUT2D eigenvalue weighted by molar-refractivity contribution is 0.0804. The fourth-order valence-corrected chi connectivity index (χ4v) is 2.38. The van der Waals surface area contributed by atoms with Crippen molar-refractivity contribution in [2.75, 3.05) is 19.7 Å². The van der Waals surface area contributed by atoms with E-state index in [9.17, 15) is 9.90 Å². The molecule has 0 bridgehead atoms. The molecule has 0 heterocycles. The van der Waals surface area contributed by atoms with E-state index in [0.717, 1.165) is 36.1 Å². The Labute approximate surface area is 122 Å². The molecule has 0 aliphatic rings. The molecule has 0 saturated carbocycles. The van der Waals surface area contributed by atoms with Crippen LogP contribution in [0.3, 0.4) is 0 Å². The van der Waals surface area contributed by atoms with Crippen LogP contribution in [0.1, 0.15) is 48.2 Å². The van der Waals surface area contributed by atoms with Crippen molar-refractivity contribution in [3.8, 4) is 0 Å². The first kappa shape index (κ1) is 16.9. The molecule has 0 spiro atoms. The van der Waals surface area contributed by atoms with E-state index in [4.69, 9.17) is 0 Å². The monoisotopic (exact) mass is 277 g/mol. The third-order valence-corrected chi connectivity index (χ3v) is 3.77. The second kappa shape index (κ2) is 8.18. The number of unbranched alkanes of at least 4 members (excludes halogenated alkanes) is 1. The molecule has 1 aromatic carbocycles. The van der Waals surface area contributed by atoms with E-state index in [2.05, 4.69) is 11.8 Å². The molecule has 0 aliphatic heterocycles. The number of hydrogen-bond acceptors (Lipinski definition) is 3. The largest absolute Gasteiger partial charge is 0.395 e. The molecule has 112 valence electrons. The number of aliphatic hydroxyl groups is 1. The highest BCUT2D eigenvalue weighted by atomic mass is 16.3. The molecule has 3 nitrogen and oxygen atoms in total. The molecule has 0 aromatic heterocycles. The van der Waals surface area contributed by atoms with Gasteiger partial charge in [0.15, 0.2) is 5.78 Å². The van der Waals surface area contributed by atoms with Crippen LogP contribution in [0.4, 0.5) is 0 Å². The summed E-state index contributed by atoms with van der Waals surface area (Å²) in [6, 6.07) is 5.80. The normalized spacial score (nSPS) is 12.7. The Morgan fingerprint density at radius 3 is 2.60 bits per heavy atom. The van der Waals surface area contributed by atoms with Crippen molar-refractivity contribution in [3.05, 3.63) is 34.9 Å². The van der Waals surface area contributed by atoms with Crippen LogP contribution in [0, 0.1) is 13.8 Å². The maximum absolute atomic E-state index is 12.7. The first-order valence-corrected chi connectivity index (χ1v) is 7.47. The summed E-state index contributed by atoms with van der Waals surface area (Å²) >= 11 is 0. The van der Waals surface area contributed by atoms with Gasteiger partial charge in [0.1, 0.15) is 0 Å². The van der Waals surface area contributed by atoms with Crippen molar-refractivity contribution in [1.29, 1.82) is 0 Å². The van der Waals surface area contributed by atoms with Crippen LogP contribution in [0.15, 0.2) is 18.2 Å². The van der Waals surface area contributed by atoms with Gasteiger partial charge in [-0.2, -0.15) is 0 Å². The lowest BCUT2D eigenvalue weighted by atomic mass is 9.97. The van der Waals surface area contributed by atoms with Crippen molar-refractivity contribution in [3.63, 3.8) is 0 Å². The Bertz CT molecular complexity index is 443. The highest BCUT2D eigenvalue weighted by Crippen LogP contribution is 2.16. The van der Waals surface area contributed by atoms with Crippen molar-refractivity contribution in [2.24, 2.45) is 0 Å². The highest BCUT2D eigenvalue weighted by molar-refractivity contribution is 6.01. The van der Waals surface area contributed by atoms with Gasteiger partial charge in [-0.3, -0.25) is 9.69 Å².